The minimum atomic E-state index is -0.931. The topological polar surface area (TPSA) is 75.6 Å². The van der Waals surface area contributed by atoms with Gasteiger partial charge in [0.15, 0.2) is 0 Å². The van der Waals surface area contributed by atoms with E-state index in [2.05, 4.69) is 29.6 Å². The van der Waals surface area contributed by atoms with Gasteiger partial charge in [0.25, 0.3) is 5.91 Å². The maximum Gasteiger partial charge on any atom is 0.305 e. The number of carbonyl (C=O) groups is 2. The van der Waals surface area contributed by atoms with Crippen LogP contribution in [-0.4, -0.2) is 23.5 Å². The summed E-state index contributed by atoms with van der Waals surface area (Å²) in [6.07, 6.45) is 4.71. The van der Waals surface area contributed by atoms with Crippen molar-refractivity contribution < 1.29 is 19.4 Å². The van der Waals surface area contributed by atoms with Crippen LogP contribution < -0.4 is 10.1 Å². The summed E-state index contributed by atoms with van der Waals surface area (Å²) in [5.41, 5.74) is 3.87. The molecule has 3 atom stereocenters. The summed E-state index contributed by atoms with van der Waals surface area (Å²) in [6.45, 7) is 0.494. The number of rotatable bonds is 9. The Morgan fingerprint density at radius 1 is 0.946 bits per heavy atom. The molecule has 37 heavy (non-hydrogen) atoms. The lowest BCUT2D eigenvalue weighted by molar-refractivity contribution is -0.136. The van der Waals surface area contributed by atoms with Gasteiger partial charge in [0.05, 0.1) is 6.42 Å². The second-order valence-corrected chi connectivity index (χ2v) is 11.0. The average molecular weight is 538 g/mol. The van der Waals surface area contributed by atoms with Crippen LogP contribution in [0.3, 0.4) is 0 Å². The lowest BCUT2D eigenvalue weighted by Gasteiger charge is -2.39. The van der Waals surface area contributed by atoms with Crippen LogP contribution in [-0.2, 0) is 16.8 Å². The number of hydrogen-bond donors (Lipinski definition) is 2. The number of hydrogen-bond acceptors (Lipinski definition) is 3. The van der Waals surface area contributed by atoms with Gasteiger partial charge in [-0.2, -0.15) is 0 Å². The van der Waals surface area contributed by atoms with Crippen LogP contribution in [0.5, 0.6) is 5.75 Å². The monoisotopic (exact) mass is 537 g/mol. The van der Waals surface area contributed by atoms with Crippen molar-refractivity contribution in [2.24, 2.45) is 11.8 Å². The quantitative estimate of drug-likeness (QED) is 0.311. The Hall–Kier alpha value is -3.02. The Morgan fingerprint density at radius 2 is 1.59 bits per heavy atom. The summed E-state index contributed by atoms with van der Waals surface area (Å²) >= 11 is 12.2. The van der Waals surface area contributed by atoms with Crippen molar-refractivity contribution in [3.05, 3.63) is 99.0 Å². The fourth-order valence-corrected chi connectivity index (χ4v) is 6.79. The summed E-state index contributed by atoms with van der Waals surface area (Å²) in [5.74, 6) is 0.878. The number of halogens is 2. The van der Waals surface area contributed by atoms with Gasteiger partial charge in [-0.25, -0.2) is 0 Å². The van der Waals surface area contributed by atoms with Crippen molar-refractivity contribution in [1.29, 1.82) is 0 Å². The molecule has 0 saturated heterocycles. The van der Waals surface area contributed by atoms with Crippen molar-refractivity contribution in [2.75, 3.05) is 6.54 Å². The van der Waals surface area contributed by atoms with Crippen molar-refractivity contribution in [2.45, 2.75) is 44.1 Å². The van der Waals surface area contributed by atoms with E-state index in [1.54, 1.807) is 6.07 Å². The first-order valence-electron chi connectivity index (χ1n) is 12.6. The normalized spacial score (nSPS) is 22.1. The number of carboxylic acids is 1. The van der Waals surface area contributed by atoms with E-state index < -0.39 is 5.97 Å². The zero-order chi connectivity index (χ0) is 26.0. The molecule has 0 radical (unpaired) electrons. The van der Waals surface area contributed by atoms with Gasteiger partial charge in [-0.15, -0.1) is 0 Å². The van der Waals surface area contributed by atoms with Gasteiger partial charge >= 0.3 is 5.97 Å². The van der Waals surface area contributed by atoms with Crippen LogP contribution in [0, 0.1) is 11.8 Å². The molecule has 3 aromatic carbocycles. The molecule has 2 fully saturated rings. The van der Waals surface area contributed by atoms with Crippen LogP contribution in [0.1, 0.15) is 59.2 Å². The molecule has 0 aliphatic heterocycles. The fraction of sp³-hybridized carbons (Fsp3) is 0.333. The number of carbonyl (C=O) groups excluding carboxylic acids is 1. The van der Waals surface area contributed by atoms with E-state index in [1.807, 2.05) is 36.4 Å². The summed E-state index contributed by atoms with van der Waals surface area (Å²) in [5, 5.41) is 12.6. The predicted octanol–water partition coefficient (Wildman–Crippen LogP) is 6.88. The fourth-order valence-electron chi connectivity index (χ4n) is 6.22. The highest BCUT2D eigenvalue weighted by Crippen LogP contribution is 2.60. The Kier molecular flexibility index (Phi) is 7.45. The summed E-state index contributed by atoms with van der Waals surface area (Å²) in [6, 6.07) is 21.7. The molecular formula is C30H29Cl2NO4. The molecule has 3 aromatic rings. The number of amides is 1. The molecule has 0 aromatic heterocycles. The zero-order valence-electron chi connectivity index (χ0n) is 20.4. The molecule has 2 saturated carbocycles. The number of fused-ring (bicyclic) bond motifs is 2. The van der Waals surface area contributed by atoms with Gasteiger partial charge in [0.1, 0.15) is 12.4 Å². The average Bonchev–Trinajstić information content (AvgIpc) is 3.50. The first-order chi connectivity index (χ1) is 17.8. The van der Waals surface area contributed by atoms with Gasteiger partial charge in [-0.05, 0) is 90.3 Å². The van der Waals surface area contributed by atoms with Crippen LogP contribution in [0.2, 0.25) is 10.0 Å². The zero-order valence-corrected chi connectivity index (χ0v) is 21.9. The van der Waals surface area contributed by atoms with E-state index in [4.69, 9.17) is 33.0 Å². The molecule has 192 valence electrons. The number of nitrogens with one attached hydrogen (secondary N) is 1. The minimum absolute atomic E-state index is 0.0831. The highest BCUT2D eigenvalue weighted by molar-refractivity contribution is 6.34. The highest BCUT2D eigenvalue weighted by atomic mass is 35.5. The highest BCUT2D eigenvalue weighted by Gasteiger charge is 2.52. The van der Waals surface area contributed by atoms with Gasteiger partial charge in [-0.1, -0.05) is 53.9 Å². The molecule has 3 unspecified atom stereocenters. The summed E-state index contributed by atoms with van der Waals surface area (Å²) in [7, 11) is 0. The maximum atomic E-state index is 12.4. The third-order valence-electron chi connectivity index (χ3n) is 7.83. The lowest BCUT2D eigenvalue weighted by Crippen LogP contribution is -2.34. The number of benzene rings is 3. The first-order valence-corrected chi connectivity index (χ1v) is 13.4. The third-order valence-corrected chi connectivity index (χ3v) is 8.27. The standard InChI is InChI=1S/C30H29Cl2NO4/c31-25-14-20(15-26(32)16-25)18-37-27-9-7-23(8-10-27)30(17-19-1-4-24(30)13-19)22-5-2-21(3-6-22)29(36)33-12-11-28(34)35/h2-3,5-10,14-16,19,24H,1,4,11-13,17-18H2,(H,33,36)(H,34,35). The minimum Gasteiger partial charge on any atom is -0.489 e. The van der Waals surface area contributed by atoms with Crippen LogP contribution in [0.4, 0.5) is 0 Å². The van der Waals surface area contributed by atoms with Gasteiger partial charge in [0, 0.05) is 27.6 Å². The van der Waals surface area contributed by atoms with E-state index in [1.165, 1.54) is 30.4 Å². The first kappa shape index (κ1) is 25.6. The Balaban J connectivity index is 1.34. The van der Waals surface area contributed by atoms with Crippen molar-refractivity contribution in [1.82, 2.24) is 5.32 Å². The Morgan fingerprint density at radius 3 is 2.16 bits per heavy atom. The lowest BCUT2D eigenvalue weighted by atomic mass is 9.64. The molecule has 0 heterocycles. The second kappa shape index (κ2) is 10.8. The molecule has 7 heteroatoms. The second-order valence-electron chi connectivity index (χ2n) is 10.1. The van der Waals surface area contributed by atoms with Crippen molar-refractivity contribution in [3.8, 4) is 5.75 Å². The van der Waals surface area contributed by atoms with Gasteiger partial charge < -0.3 is 15.2 Å². The van der Waals surface area contributed by atoms with E-state index in [0.29, 0.717) is 34.1 Å². The smallest absolute Gasteiger partial charge is 0.305 e. The van der Waals surface area contributed by atoms with E-state index in [-0.39, 0.29) is 24.3 Å². The van der Waals surface area contributed by atoms with Crippen LogP contribution in [0.15, 0.2) is 66.7 Å². The van der Waals surface area contributed by atoms with Crippen molar-refractivity contribution in [3.63, 3.8) is 0 Å². The molecule has 0 spiro atoms. The molecule has 2 aliphatic rings. The van der Waals surface area contributed by atoms with E-state index in [9.17, 15) is 9.59 Å². The molecule has 2 aliphatic carbocycles. The Labute approximate surface area is 226 Å². The SMILES string of the molecule is O=C(O)CCNC(=O)c1ccc(C2(c3ccc(OCc4cc(Cl)cc(Cl)c4)cc3)CC3CCC2C3)cc1. The largest absolute Gasteiger partial charge is 0.489 e. The summed E-state index contributed by atoms with van der Waals surface area (Å²) < 4.78 is 6.01. The molecule has 2 N–H and O–H groups in total. The number of carboxylic acid groups (broad SMARTS) is 1. The molecular weight excluding hydrogens is 509 g/mol. The number of ether oxygens (including phenoxy) is 1. The van der Waals surface area contributed by atoms with Crippen molar-refractivity contribution >= 4 is 35.1 Å². The summed E-state index contributed by atoms with van der Waals surface area (Å²) in [4.78, 5) is 23.2. The van der Waals surface area contributed by atoms with Gasteiger partial charge in [0.2, 0.25) is 0 Å². The van der Waals surface area contributed by atoms with Gasteiger partial charge in [-0.3, -0.25) is 9.59 Å². The van der Waals surface area contributed by atoms with E-state index >= 15 is 0 Å². The number of aliphatic carboxylic acids is 1. The predicted molar refractivity (Wildman–Crippen MR) is 144 cm³/mol. The molecule has 5 nitrogen and oxygen atoms in total. The molecule has 5 rings (SSSR count). The van der Waals surface area contributed by atoms with Crippen LogP contribution in [0.25, 0.3) is 0 Å². The third kappa shape index (κ3) is 5.48. The molecule has 1 amide bonds. The van der Waals surface area contributed by atoms with Crippen LogP contribution >= 0.6 is 23.2 Å². The van der Waals surface area contributed by atoms with E-state index in [0.717, 1.165) is 17.7 Å². The maximum absolute atomic E-state index is 12.4. The molecule has 2 bridgehead atoms. The Bertz CT molecular complexity index is 1270.